The monoisotopic (exact) mass is 229 g/mol. The molecule has 0 saturated heterocycles. The zero-order chi connectivity index (χ0) is 12.1. The van der Waals surface area contributed by atoms with Gasteiger partial charge >= 0.3 is 0 Å². The van der Waals surface area contributed by atoms with Gasteiger partial charge in [-0.25, -0.2) is 0 Å². The summed E-state index contributed by atoms with van der Waals surface area (Å²) in [5, 5.41) is 15.7. The predicted molar refractivity (Wildman–Crippen MR) is 62.1 cm³/mol. The Labute approximate surface area is 98.1 Å². The quantitative estimate of drug-likeness (QED) is 0.763. The Bertz CT molecular complexity index is 529. The van der Waals surface area contributed by atoms with Crippen LogP contribution in [0.1, 0.15) is 11.4 Å². The van der Waals surface area contributed by atoms with Crippen molar-refractivity contribution in [2.24, 2.45) is 0 Å². The van der Waals surface area contributed by atoms with Gasteiger partial charge in [-0.15, -0.1) is 0 Å². The smallest absolute Gasteiger partial charge is 0.213 e. The van der Waals surface area contributed by atoms with Gasteiger partial charge in [0.1, 0.15) is 6.07 Å². The number of hydrogen-bond acceptors (Lipinski definition) is 6. The van der Waals surface area contributed by atoms with Crippen molar-refractivity contribution in [3.63, 3.8) is 0 Å². The molecule has 0 spiro atoms. The van der Waals surface area contributed by atoms with Crippen LogP contribution >= 0.6 is 0 Å². The van der Waals surface area contributed by atoms with Crippen molar-refractivity contribution in [3.8, 4) is 6.07 Å². The molecule has 0 aliphatic heterocycles. The molecular formula is C11H11N5O. The molecule has 0 radical (unpaired) electrons. The third-order valence-corrected chi connectivity index (χ3v) is 2.26. The third-order valence-electron chi connectivity index (χ3n) is 2.26. The summed E-state index contributed by atoms with van der Waals surface area (Å²) in [6.45, 7) is 0.661. The largest absolute Gasteiger partial charge is 0.398 e. The number of rotatable bonds is 4. The predicted octanol–water partition coefficient (Wildman–Crippen LogP) is 1.18. The van der Waals surface area contributed by atoms with E-state index in [1.807, 2.05) is 12.1 Å². The summed E-state index contributed by atoms with van der Waals surface area (Å²) in [4.78, 5) is 3.91. The standard InChI is InChI=1S/C11H11N5O/c12-6-8-5-9(1-2-10(8)13)14-4-3-11-15-7-17-16-11/h1-2,5,7,14H,3-4,13H2. The fourth-order valence-electron chi connectivity index (χ4n) is 1.38. The zero-order valence-electron chi connectivity index (χ0n) is 9.05. The van der Waals surface area contributed by atoms with Crippen molar-refractivity contribution in [1.82, 2.24) is 10.1 Å². The first-order chi connectivity index (χ1) is 8.29. The van der Waals surface area contributed by atoms with Crippen LogP contribution in [0.25, 0.3) is 0 Å². The number of nitriles is 1. The molecule has 0 saturated carbocycles. The molecule has 0 aliphatic carbocycles. The number of nitrogens with zero attached hydrogens (tertiary/aromatic N) is 3. The minimum atomic E-state index is 0.467. The van der Waals surface area contributed by atoms with Crippen LogP contribution in [-0.4, -0.2) is 16.7 Å². The second-order valence-corrected chi connectivity index (χ2v) is 3.44. The van der Waals surface area contributed by atoms with E-state index in [2.05, 4.69) is 20.0 Å². The fraction of sp³-hybridized carbons (Fsp3) is 0.182. The van der Waals surface area contributed by atoms with Gasteiger partial charge in [0, 0.05) is 24.3 Å². The first-order valence-corrected chi connectivity index (χ1v) is 5.08. The minimum absolute atomic E-state index is 0.467. The number of aromatic nitrogens is 2. The highest BCUT2D eigenvalue weighted by Crippen LogP contribution is 2.16. The van der Waals surface area contributed by atoms with Gasteiger partial charge in [-0.05, 0) is 18.2 Å². The molecule has 0 aliphatic rings. The number of hydrogen-bond donors (Lipinski definition) is 2. The molecule has 0 fully saturated rings. The van der Waals surface area contributed by atoms with Gasteiger partial charge in [0.2, 0.25) is 6.39 Å². The highest BCUT2D eigenvalue weighted by atomic mass is 16.5. The molecule has 1 aromatic carbocycles. The van der Waals surface area contributed by atoms with Crippen LogP contribution in [0.4, 0.5) is 11.4 Å². The molecule has 86 valence electrons. The minimum Gasteiger partial charge on any atom is -0.398 e. The molecule has 1 aromatic heterocycles. The van der Waals surface area contributed by atoms with E-state index in [0.717, 1.165) is 5.69 Å². The Balaban J connectivity index is 1.93. The molecule has 0 unspecified atom stereocenters. The Morgan fingerprint density at radius 3 is 3.06 bits per heavy atom. The lowest BCUT2D eigenvalue weighted by Gasteiger charge is -2.06. The van der Waals surface area contributed by atoms with Crippen molar-refractivity contribution in [2.45, 2.75) is 6.42 Å². The van der Waals surface area contributed by atoms with E-state index >= 15 is 0 Å². The Kier molecular flexibility index (Phi) is 3.21. The summed E-state index contributed by atoms with van der Waals surface area (Å²) in [6, 6.07) is 7.28. The van der Waals surface area contributed by atoms with E-state index in [4.69, 9.17) is 11.0 Å². The summed E-state index contributed by atoms with van der Waals surface area (Å²) in [5.74, 6) is 0.647. The lowest BCUT2D eigenvalue weighted by atomic mass is 10.2. The number of nitrogen functional groups attached to an aromatic ring is 1. The maximum Gasteiger partial charge on any atom is 0.213 e. The SMILES string of the molecule is N#Cc1cc(NCCc2ncon2)ccc1N. The third kappa shape index (κ3) is 2.72. The van der Waals surface area contributed by atoms with E-state index < -0.39 is 0 Å². The van der Waals surface area contributed by atoms with Gasteiger partial charge in [-0.1, -0.05) is 5.16 Å². The maximum absolute atomic E-state index is 8.83. The molecule has 2 aromatic rings. The van der Waals surface area contributed by atoms with Crippen molar-refractivity contribution in [2.75, 3.05) is 17.6 Å². The molecule has 17 heavy (non-hydrogen) atoms. The van der Waals surface area contributed by atoms with Gasteiger partial charge in [-0.3, -0.25) is 0 Å². The van der Waals surface area contributed by atoms with Crippen molar-refractivity contribution >= 4 is 11.4 Å². The van der Waals surface area contributed by atoms with Crippen molar-refractivity contribution < 1.29 is 4.52 Å². The van der Waals surface area contributed by atoms with Crippen LogP contribution in [0.15, 0.2) is 29.1 Å². The van der Waals surface area contributed by atoms with Crippen LogP contribution < -0.4 is 11.1 Å². The van der Waals surface area contributed by atoms with Gasteiger partial charge in [-0.2, -0.15) is 10.2 Å². The number of anilines is 2. The van der Waals surface area contributed by atoms with Crippen LogP contribution in [0.2, 0.25) is 0 Å². The van der Waals surface area contributed by atoms with E-state index in [-0.39, 0.29) is 0 Å². The topological polar surface area (TPSA) is 101 Å². The first kappa shape index (κ1) is 11.0. The summed E-state index contributed by atoms with van der Waals surface area (Å²) >= 11 is 0. The van der Waals surface area contributed by atoms with Gasteiger partial charge in [0.15, 0.2) is 5.82 Å². The highest BCUT2D eigenvalue weighted by molar-refractivity contribution is 5.61. The average molecular weight is 229 g/mol. The summed E-state index contributed by atoms with van der Waals surface area (Å²) in [7, 11) is 0. The fourth-order valence-corrected chi connectivity index (χ4v) is 1.38. The van der Waals surface area contributed by atoms with Crippen molar-refractivity contribution in [3.05, 3.63) is 36.0 Å². The number of nitrogens with two attached hydrogens (primary N) is 1. The number of nitrogens with one attached hydrogen (secondary N) is 1. The molecule has 1 heterocycles. The lowest BCUT2D eigenvalue weighted by Crippen LogP contribution is -2.06. The van der Waals surface area contributed by atoms with Crippen LogP contribution in [-0.2, 0) is 6.42 Å². The average Bonchev–Trinajstić information content (AvgIpc) is 2.84. The summed E-state index contributed by atoms with van der Waals surface area (Å²) in [5.41, 5.74) is 7.42. The van der Waals surface area contributed by atoms with Crippen LogP contribution in [0, 0.1) is 11.3 Å². The van der Waals surface area contributed by atoms with Gasteiger partial charge < -0.3 is 15.6 Å². The Morgan fingerprint density at radius 2 is 2.35 bits per heavy atom. The molecular weight excluding hydrogens is 218 g/mol. The molecule has 0 bridgehead atoms. The zero-order valence-corrected chi connectivity index (χ0v) is 9.05. The normalized spacial score (nSPS) is 9.82. The Morgan fingerprint density at radius 1 is 1.47 bits per heavy atom. The number of benzene rings is 1. The van der Waals surface area contributed by atoms with E-state index in [1.54, 1.807) is 12.1 Å². The summed E-state index contributed by atoms with van der Waals surface area (Å²) in [6.07, 6.45) is 1.95. The highest BCUT2D eigenvalue weighted by Gasteiger charge is 2.01. The molecule has 6 nitrogen and oxygen atoms in total. The lowest BCUT2D eigenvalue weighted by molar-refractivity contribution is 0.410. The summed E-state index contributed by atoms with van der Waals surface area (Å²) < 4.78 is 4.62. The van der Waals surface area contributed by atoms with Crippen molar-refractivity contribution in [1.29, 1.82) is 5.26 Å². The van der Waals surface area contributed by atoms with E-state index in [9.17, 15) is 0 Å². The molecule has 2 rings (SSSR count). The van der Waals surface area contributed by atoms with Gasteiger partial charge in [0.05, 0.1) is 5.56 Å². The Hall–Kier alpha value is -2.55. The first-order valence-electron chi connectivity index (χ1n) is 5.08. The molecule has 6 heteroatoms. The van der Waals surface area contributed by atoms with Crippen LogP contribution in [0.5, 0.6) is 0 Å². The molecule has 3 N–H and O–H groups in total. The molecule has 0 atom stereocenters. The van der Waals surface area contributed by atoms with E-state index in [1.165, 1.54) is 6.39 Å². The van der Waals surface area contributed by atoms with E-state index in [0.29, 0.717) is 30.0 Å². The second kappa shape index (κ2) is 4.99. The maximum atomic E-state index is 8.83. The van der Waals surface area contributed by atoms with Crippen LogP contribution in [0.3, 0.4) is 0 Å². The molecule has 0 amide bonds. The second-order valence-electron chi connectivity index (χ2n) is 3.44. The van der Waals surface area contributed by atoms with Gasteiger partial charge in [0.25, 0.3) is 0 Å².